The van der Waals surface area contributed by atoms with Gasteiger partial charge in [-0.2, -0.15) is 0 Å². The number of aryl methyl sites for hydroxylation is 1. The van der Waals surface area contributed by atoms with E-state index >= 15 is 0 Å². The molecule has 1 spiro atoms. The van der Waals surface area contributed by atoms with Gasteiger partial charge in [-0.1, -0.05) is 23.7 Å². The molecule has 0 N–H and O–H groups in total. The van der Waals surface area contributed by atoms with Crippen LogP contribution >= 0.6 is 11.6 Å². The summed E-state index contributed by atoms with van der Waals surface area (Å²) >= 11 is 5.96. The highest BCUT2D eigenvalue weighted by Gasteiger charge is 2.51. The summed E-state index contributed by atoms with van der Waals surface area (Å²) in [5.41, 5.74) is 1.19. The zero-order valence-electron chi connectivity index (χ0n) is 17.5. The Morgan fingerprint density at radius 2 is 1.93 bits per heavy atom. The van der Waals surface area contributed by atoms with Crippen LogP contribution in [0.15, 0.2) is 30.6 Å². The number of carbonyl (C=O) groups is 1. The van der Waals surface area contributed by atoms with Crippen molar-refractivity contribution in [3.05, 3.63) is 47.0 Å². The minimum atomic E-state index is 0.169. The first-order valence-corrected chi connectivity index (χ1v) is 10.9. The lowest BCUT2D eigenvalue weighted by molar-refractivity contribution is -0.132. The summed E-state index contributed by atoms with van der Waals surface area (Å²) in [5, 5.41) is 9.28. The SMILES string of the molecule is CC(C)N1CC(c2nncn2C)C2(CCN(C(=O)Cc3ccc(Cl)cc3)CC2)C1. The fourth-order valence-electron chi connectivity index (χ4n) is 4.96. The number of aromatic nitrogens is 3. The van der Waals surface area contributed by atoms with Crippen molar-refractivity contribution in [2.24, 2.45) is 12.5 Å². The molecule has 3 heterocycles. The van der Waals surface area contributed by atoms with Crippen molar-refractivity contribution < 1.29 is 4.79 Å². The lowest BCUT2D eigenvalue weighted by atomic mass is 9.70. The van der Waals surface area contributed by atoms with Gasteiger partial charge in [0.15, 0.2) is 0 Å². The van der Waals surface area contributed by atoms with Gasteiger partial charge < -0.3 is 9.47 Å². The number of piperidine rings is 1. The molecule has 6 nitrogen and oxygen atoms in total. The average Bonchev–Trinajstić information content (AvgIpc) is 3.28. The van der Waals surface area contributed by atoms with Gasteiger partial charge in [-0.15, -0.1) is 10.2 Å². The van der Waals surface area contributed by atoms with E-state index in [1.165, 1.54) is 0 Å². The zero-order valence-corrected chi connectivity index (χ0v) is 18.3. The topological polar surface area (TPSA) is 54.3 Å². The largest absolute Gasteiger partial charge is 0.342 e. The average molecular weight is 416 g/mol. The van der Waals surface area contributed by atoms with E-state index in [-0.39, 0.29) is 11.3 Å². The summed E-state index contributed by atoms with van der Waals surface area (Å²) in [6.45, 7) is 8.23. The van der Waals surface area contributed by atoms with Crippen molar-refractivity contribution in [1.82, 2.24) is 24.6 Å². The summed E-state index contributed by atoms with van der Waals surface area (Å²) < 4.78 is 2.06. The van der Waals surface area contributed by atoms with Crippen molar-refractivity contribution in [1.29, 1.82) is 0 Å². The Morgan fingerprint density at radius 1 is 1.24 bits per heavy atom. The molecular formula is C22H30ClN5O. The molecule has 1 atom stereocenters. The van der Waals surface area contributed by atoms with Crippen LogP contribution in [0.4, 0.5) is 0 Å². The molecule has 2 saturated heterocycles. The zero-order chi connectivity index (χ0) is 20.6. The van der Waals surface area contributed by atoms with Crippen LogP contribution in [0.2, 0.25) is 5.02 Å². The van der Waals surface area contributed by atoms with Gasteiger partial charge in [0.25, 0.3) is 0 Å². The highest BCUT2D eigenvalue weighted by atomic mass is 35.5. The third kappa shape index (κ3) is 4.05. The number of nitrogens with zero attached hydrogens (tertiary/aromatic N) is 5. The van der Waals surface area contributed by atoms with E-state index in [1.54, 1.807) is 6.33 Å². The molecule has 1 unspecified atom stereocenters. The van der Waals surface area contributed by atoms with Gasteiger partial charge in [0.05, 0.1) is 6.42 Å². The normalized spacial score (nSPS) is 22.0. The van der Waals surface area contributed by atoms with E-state index in [0.29, 0.717) is 23.4 Å². The monoisotopic (exact) mass is 415 g/mol. The highest BCUT2D eigenvalue weighted by molar-refractivity contribution is 6.30. The van der Waals surface area contributed by atoms with E-state index < -0.39 is 0 Å². The molecule has 2 fully saturated rings. The molecule has 0 saturated carbocycles. The standard InChI is InChI=1S/C22H30ClN5O/c1-16(2)28-13-19(21-25-24-15-26(21)3)22(14-28)8-10-27(11-9-22)20(29)12-17-4-6-18(23)7-5-17/h4-7,15-16,19H,8-14H2,1-3H3. The van der Waals surface area contributed by atoms with Crippen LogP contribution in [-0.2, 0) is 18.3 Å². The molecule has 7 heteroatoms. The molecule has 2 aliphatic heterocycles. The number of hydrogen-bond acceptors (Lipinski definition) is 4. The first kappa shape index (κ1) is 20.4. The van der Waals surface area contributed by atoms with Crippen LogP contribution in [0.5, 0.6) is 0 Å². The molecule has 2 aliphatic rings. The predicted octanol–water partition coefficient (Wildman–Crippen LogP) is 3.13. The lowest BCUT2D eigenvalue weighted by Crippen LogP contribution is -2.47. The van der Waals surface area contributed by atoms with E-state index in [2.05, 4.69) is 33.5 Å². The van der Waals surface area contributed by atoms with E-state index in [4.69, 9.17) is 11.6 Å². The van der Waals surface area contributed by atoms with Gasteiger partial charge in [-0.05, 0) is 49.8 Å². The van der Waals surface area contributed by atoms with Gasteiger partial charge in [0.2, 0.25) is 5.91 Å². The quantitative estimate of drug-likeness (QED) is 0.769. The number of amides is 1. The molecule has 0 bridgehead atoms. The lowest BCUT2D eigenvalue weighted by Gasteiger charge is -2.42. The third-order valence-corrected chi connectivity index (χ3v) is 7.10. The molecule has 1 aromatic heterocycles. The third-order valence-electron chi connectivity index (χ3n) is 6.84. The smallest absolute Gasteiger partial charge is 0.226 e. The maximum Gasteiger partial charge on any atom is 0.226 e. The van der Waals surface area contributed by atoms with Gasteiger partial charge in [-0.25, -0.2) is 0 Å². The Hall–Kier alpha value is -1.92. The molecule has 0 radical (unpaired) electrons. The summed E-state index contributed by atoms with van der Waals surface area (Å²) in [7, 11) is 2.03. The van der Waals surface area contributed by atoms with Gasteiger partial charge in [0.1, 0.15) is 12.2 Å². The molecule has 4 rings (SSSR count). The number of halogens is 1. The van der Waals surface area contributed by atoms with E-state index in [1.807, 2.05) is 36.2 Å². The van der Waals surface area contributed by atoms with Crippen LogP contribution in [0, 0.1) is 5.41 Å². The van der Waals surface area contributed by atoms with E-state index in [9.17, 15) is 4.79 Å². The van der Waals surface area contributed by atoms with Crippen molar-refractivity contribution in [3.8, 4) is 0 Å². The highest BCUT2D eigenvalue weighted by Crippen LogP contribution is 2.49. The number of carbonyl (C=O) groups excluding carboxylic acids is 1. The summed E-state index contributed by atoms with van der Waals surface area (Å²) in [6.07, 6.45) is 4.26. The van der Waals surface area contributed by atoms with Gasteiger partial charge in [0, 0.05) is 50.2 Å². The molecule has 2 aromatic rings. The number of hydrogen-bond donors (Lipinski definition) is 0. The summed E-state index contributed by atoms with van der Waals surface area (Å²) in [5.74, 6) is 1.65. The second-order valence-electron chi connectivity index (χ2n) is 8.92. The Kier molecular flexibility index (Phi) is 5.67. The van der Waals surface area contributed by atoms with Crippen molar-refractivity contribution in [3.63, 3.8) is 0 Å². The number of rotatable bonds is 4. The molecular weight excluding hydrogens is 386 g/mol. The van der Waals surface area contributed by atoms with Crippen LogP contribution in [-0.4, -0.2) is 62.7 Å². The Bertz CT molecular complexity index is 854. The Morgan fingerprint density at radius 3 is 2.52 bits per heavy atom. The second kappa shape index (κ2) is 8.07. The van der Waals surface area contributed by atoms with Gasteiger partial charge in [-0.3, -0.25) is 9.69 Å². The molecule has 1 amide bonds. The fraction of sp³-hybridized carbons (Fsp3) is 0.591. The summed E-state index contributed by atoms with van der Waals surface area (Å²) in [4.78, 5) is 17.4. The number of benzene rings is 1. The second-order valence-corrected chi connectivity index (χ2v) is 9.36. The molecule has 156 valence electrons. The molecule has 0 aliphatic carbocycles. The van der Waals surface area contributed by atoms with Crippen molar-refractivity contribution in [2.75, 3.05) is 26.2 Å². The molecule has 1 aromatic carbocycles. The van der Waals surface area contributed by atoms with Crippen LogP contribution in [0.3, 0.4) is 0 Å². The van der Waals surface area contributed by atoms with Gasteiger partial charge >= 0.3 is 0 Å². The molecule has 29 heavy (non-hydrogen) atoms. The first-order chi connectivity index (χ1) is 13.9. The predicted molar refractivity (Wildman–Crippen MR) is 114 cm³/mol. The minimum Gasteiger partial charge on any atom is -0.342 e. The van der Waals surface area contributed by atoms with Crippen molar-refractivity contribution in [2.45, 2.75) is 45.1 Å². The maximum atomic E-state index is 12.8. The minimum absolute atomic E-state index is 0.169. The van der Waals surface area contributed by atoms with Crippen LogP contribution < -0.4 is 0 Å². The van der Waals surface area contributed by atoms with Crippen LogP contribution in [0.1, 0.15) is 44.0 Å². The number of likely N-dealkylation sites (tertiary alicyclic amines) is 2. The fourth-order valence-corrected chi connectivity index (χ4v) is 5.09. The Balaban J connectivity index is 1.46. The Labute approximate surface area is 177 Å². The van der Waals surface area contributed by atoms with E-state index in [0.717, 1.165) is 50.4 Å². The van der Waals surface area contributed by atoms with Crippen LogP contribution in [0.25, 0.3) is 0 Å². The van der Waals surface area contributed by atoms with Crippen molar-refractivity contribution >= 4 is 17.5 Å². The first-order valence-electron chi connectivity index (χ1n) is 10.5. The summed E-state index contributed by atoms with van der Waals surface area (Å²) in [6, 6.07) is 8.08. The maximum absolute atomic E-state index is 12.8.